The fraction of sp³-hybridized carbons (Fsp3) is 0.286. The average Bonchev–Trinajstić information content (AvgIpc) is 3.35. The van der Waals surface area contributed by atoms with Crippen LogP contribution in [0.1, 0.15) is 40.3 Å². The summed E-state index contributed by atoms with van der Waals surface area (Å²) in [5.41, 5.74) is 4.59. The molecule has 4 N–H and O–H groups in total. The van der Waals surface area contributed by atoms with Gasteiger partial charge in [0.05, 0.1) is 24.3 Å². The molecule has 3 aromatic carbocycles. The standard InChI is InChI=1S/C35H37N3O5/c39-31(30(20-25-11-5-2-6-12-25)37-35(42)43-23-26-15-17-36-18-16-26)22-28(19-24-9-3-1-4-10-24)34(41)38-33-29-14-8-7-13-27(29)21-32(33)40/h1-18,28,30-33,39-40H,19-23H2,(H,37,42)(H,38,41). The van der Waals surface area contributed by atoms with Crippen molar-refractivity contribution in [2.45, 2.75) is 56.6 Å². The summed E-state index contributed by atoms with van der Waals surface area (Å²) < 4.78 is 5.43. The van der Waals surface area contributed by atoms with Gasteiger partial charge < -0.3 is 25.6 Å². The van der Waals surface area contributed by atoms with Crippen LogP contribution in [0, 0.1) is 5.92 Å². The van der Waals surface area contributed by atoms with Crippen LogP contribution >= 0.6 is 0 Å². The summed E-state index contributed by atoms with van der Waals surface area (Å²) in [6.45, 7) is 0.0622. The highest BCUT2D eigenvalue weighted by atomic mass is 16.5. The Morgan fingerprint density at radius 2 is 1.47 bits per heavy atom. The highest BCUT2D eigenvalue weighted by Gasteiger charge is 2.35. The molecule has 0 saturated heterocycles. The van der Waals surface area contributed by atoms with Crippen molar-refractivity contribution in [2.75, 3.05) is 0 Å². The SMILES string of the molecule is O=C(NC(Cc1ccccc1)C(O)CC(Cc1ccccc1)C(=O)NC1c2ccccc2CC1O)OCc1ccncc1. The zero-order valence-electron chi connectivity index (χ0n) is 23.9. The summed E-state index contributed by atoms with van der Waals surface area (Å²) in [6, 6.07) is 29.2. The van der Waals surface area contributed by atoms with E-state index in [2.05, 4.69) is 15.6 Å². The number of rotatable bonds is 12. The molecule has 1 aliphatic rings. The van der Waals surface area contributed by atoms with Crippen molar-refractivity contribution in [3.05, 3.63) is 137 Å². The highest BCUT2D eigenvalue weighted by Crippen LogP contribution is 2.32. The predicted molar refractivity (Wildman–Crippen MR) is 163 cm³/mol. The van der Waals surface area contributed by atoms with Crippen LogP contribution in [0.2, 0.25) is 0 Å². The molecule has 0 spiro atoms. The highest BCUT2D eigenvalue weighted by molar-refractivity contribution is 5.80. The molecule has 0 saturated carbocycles. The Balaban J connectivity index is 1.32. The molecule has 0 bridgehead atoms. The number of carbonyl (C=O) groups excluding carboxylic acids is 2. The quantitative estimate of drug-likeness (QED) is 0.199. The van der Waals surface area contributed by atoms with Gasteiger partial charge in [-0.3, -0.25) is 9.78 Å². The second kappa shape index (κ2) is 14.6. The van der Waals surface area contributed by atoms with Crippen LogP contribution in [0.4, 0.5) is 4.79 Å². The number of hydrogen-bond acceptors (Lipinski definition) is 6. The third kappa shape index (κ3) is 8.28. The Labute approximate surface area is 251 Å². The lowest BCUT2D eigenvalue weighted by molar-refractivity contribution is -0.127. The lowest BCUT2D eigenvalue weighted by Gasteiger charge is -2.28. The number of fused-ring (bicyclic) bond motifs is 1. The van der Waals surface area contributed by atoms with Gasteiger partial charge >= 0.3 is 6.09 Å². The Morgan fingerprint density at radius 3 is 2.16 bits per heavy atom. The van der Waals surface area contributed by atoms with Gasteiger partial charge in [-0.15, -0.1) is 0 Å². The van der Waals surface area contributed by atoms with Gasteiger partial charge in [0, 0.05) is 24.7 Å². The molecule has 222 valence electrons. The molecule has 5 rings (SSSR count). The summed E-state index contributed by atoms with van der Waals surface area (Å²) >= 11 is 0. The number of amides is 2. The number of nitrogens with one attached hydrogen (secondary N) is 2. The van der Waals surface area contributed by atoms with E-state index in [1.54, 1.807) is 24.5 Å². The molecule has 2 amide bonds. The van der Waals surface area contributed by atoms with Gasteiger partial charge in [0.25, 0.3) is 0 Å². The summed E-state index contributed by atoms with van der Waals surface area (Å²) in [4.78, 5) is 30.6. The number of alkyl carbamates (subject to hydrolysis) is 1. The number of aliphatic hydroxyl groups is 2. The molecule has 8 nitrogen and oxygen atoms in total. The predicted octanol–water partition coefficient (Wildman–Crippen LogP) is 4.30. The van der Waals surface area contributed by atoms with E-state index in [-0.39, 0.29) is 18.9 Å². The minimum atomic E-state index is -1.06. The van der Waals surface area contributed by atoms with Gasteiger partial charge in [0.15, 0.2) is 0 Å². The van der Waals surface area contributed by atoms with E-state index < -0.39 is 36.3 Å². The van der Waals surface area contributed by atoms with Gasteiger partial charge in [0.1, 0.15) is 6.61 Å². The molecule has 0 aliphatic heterocycles. The fourth-order valence-corrected chi connectivity index (χ4v) is 5.63. The third-order valence-corrected chi connectivity index (χ3v) is 7.91. The Hall–Kier alpha value is -4.53. The van der Waals surface area contributed by atoms with Crippen LogP contribution in [0.25, 0.3) is 0 Å². The molecule has 5 atom stereocenters. The molecule has 0 radical (unpaired) electrons. The summed E-state index contributed by atoms with van der Waals surface area (Å²) in [6.07, 6.45) is 2.09. The van der Waals surface area contributed by atoms with Crippen LogP contribution in [-0.4, -0.2) is 45.4 Å². The van der Waals surface area contributed by atoms with E-state index in [4.69, 9.17) is 4.74 Å². The first-order valence-corrected chi connectivity index (χ1v) is 14.6. The van der Waals surface area contributed by atoms with Crippen molar-refractivity contribution in [3.63, 3.8) is 0 Å². The van der Waals surface area contributed by atoms with Crippen LogP contribution in [-0.2, 0) is 35.4 Å². The molecule has 1 aliphatic carbocycles. The normalized spacial score (nSPS) is 17.7. The van der Waals surface area contributed by atoms with Crippen molar-refractivity contribution in [1.82, 2.24) is 15.6 Å². The van der Waals surface area contributed by atoms with Crippen LogP contribution in [0.5, 0.6) is 0 Å². The van der Waals surface area contributed by atoms with Gasteiger partial charge in [-0.2, -0.15) is 0 Å². The Bertz CT molecular complexity index is 1470. The van der Waals surface area contributed by atoms with E-state index in [9.17, 15) is 19.8 Å². The van der Waals surface area contributed by atoms with Crippen molar-refractivity contribution in [1.29, 1.82) is 0 Å². The minimum absolute atomic E-state index is 0.0622. The van der Waals surface area contributed by atoms with E-state index in [0.717, 1.165) is 27.8 Å². The van der Waals surface area contributed by atoms with E-state index in [0.29, 0.717) is 19.3 Å². The third-order valence-electron chi connectivity index (χ3n) is 7.91. The monoisotopic (exact) mass is 579 g/mol. The van der Waals surface area contributed by atoms with Crippen molar-refractivity contribution >= 4 is 12.0 Å². The first-order chi connectivity index (χ1) is 21.0. The number of pyridine rings is 1. The molecule has 1 aromatic heterocycles. The average molecular weight is 580 g/mol. The maximum atomic E-state index is 13.8. The molecule has 4 aromatic rings. The number of hydrogen-bond donors (Lipinski definition) is 4. The second-order valence-electron chi connectivity index (χ2n) is 11.0. The summed E-state index contributed by atoms with van der Waals surface area (Å²) in [5, 5.41) is 28.2. The van der Waals surface area contributed by atoms with Crippen molar-refractivity contribution < 1.29 is 24.5 Å². The number of aliphatic hydroxyl groups excluding tert-OH is 2. The van der Waals surface area contributed by atoms with Crippen LogP contribution in [0.3, 0.4) is 0 Å². The maximum Gasteiger partial charge on any atom is 0.407 e. The minimum Gasteiger partial charge on any atom is -0.445 e. The molecule has 43 heavy (non-hydrogen) atoms. The summed E-state index contributed by atoms with van der Waals surface area (Å²) in [5.74, 6) is -0.882. The molecular weight excluding hydrogens is 542 g/mol. The summed E-state index contributed by atoms with van der Waals surface area (Å²) in [7, 11) is 0. The van der Waals surface area contributed by atoms with E-state index in [1.807, 2.05) is 84.9 Å². The lowest BCUT2D eigenvalue weighted by Crippen LogP contribution is -2.47. The maximum absolute atomic E-state index is 13.8. The molecule has 5 unspecified atom stereocenters. The van der Waals surface area contributed by atoms with Crippen LogP contribution in [0.15, 0.2) is 109 Å². The molecular formula is C35H37N3O5. The van der Waals surface area contributed by atoms with E-state index >= 15 is 0 Å². The van der Waals surface area contributed by atoms with Gasteiger partial charge in [-0.25, -0.2) is 4.79 Å². The van der Waals surface area contributed by atoms with Crippen molar-refractivity contribution in [3.8, 4) is 0 Å². The molecule has 0 fully saturated rings. The van der Waals surface area contributed by atoms with Gasteiger partial charge in [-0.05, 0) is 59.2 Å². The molecule has 1 heterocycles. The Kier molecular flexibility index (Phi) is 10.2. The Morgan fingerprint density at radius 1 is 0.837 bits per heavy atom. The number of ether oxygens (including phenoxy) is 1. The number of aromatic nitrogens is 1. The second-order valence-corrected chi connectivity index (χ2v) is 11.0. The lowest BCUT2D eigenvalue weighted by atomic mass is 9.88. The first-order valence-electron chi connectivity index (χ1n) is 14.6. The topological polar surface area (TPSA) is 121 Å². The fourth-order valence-electron chi connectivity index (χ4n) is 5.63. The number of benzene rings is 3. The largest absolute Gasteiger partial charge is 0.445 e. The van der Waals surface area contributed by atoms with Crippen LogP contribution < -0.4 is 10.6 Å². The smallest absolute Gasteiger partial charge is 0.407 e. The zero-order chi connectivity index (χ0) is 30.0. The number of carbonyl (C=O) groups is 2. The number of nitrogens with zero attached hydrogens (tertiary/aromatic N) is 1. The van der Waals surface area contributed by atoms with Gasteiger partial charge in [0.2, 0.25) is 5.91 Å². The first kappa shape index (κ1) is 29.9. The van der Waals surface area contributed by atoms with E-state index in [1.165, 1.54) is 0 Å². The molecule has 8 heteroatoms. The van der Waals surface area contributed by atoms with Gasteiger partial charge in [-0.1, -0.05) is 84.9 Å². The van der Waals surface area contributed by atoms with Crippen molar-refractivity contribution in [2.24, 2.45) is 5.92 Å². The zero-order valence-corrected chi connectivity index (χ0v) is 23.9.